The summed E-state index contributed by atoms with van der Waals surface area (Å²) < 4.78 is 0. The number of aliphatic hydroxyl groups excluding tert-OH is 1. The smallest absolute Gasteiger partial charge is 0.254 e. The third-order valence-electron chi connectivity index (χ3n) is 3.68. The molecule has 2 unspecified atom stereocenters. The van der Waals surface area contributed by atoms with Crippen molar-refractivity contribution in [2.45, 2.75) is 26.0 Å². The van der Waals surface area contributed by atoms with E-state index < -0.39 is 0 Å². The highest BCUT2D eigenvalue weighted by Gasteiger charge is 2.27. The SMILES string of the molecule is CC(O)CN1CCN(C(=O)c2cccc(N)c2)CC1C.Cl.Cl. The summed E-state index contributed by atoms with van der Waals surface area (Å²) in [6.45, 7) is 6.69. The average molecular weight is 350 g/mol. The number of nitrogens with zero attached hydrogens (tertiary/aromatic N) is 2. The molecule has 1 aromatic carbocycles. The monoisotopic (exact) mass is 349 g/mol. The van der Waals surface area contributed by atoms with E-state index in [2.05, 4.69) is 11.8 Å². The molecule has 0 aromatic heterocycles. The van der Waals surface area contributed by atoms with E-state index in [-0.39, 0.29) is 42.9 Å². The molecule has 0 spiro atoms. The van der Waals surface area contributed by atoms with E-state index in [1.165, 1.54) is 0 Å². The lowest BCUT2D eigenvalue weighted by atomic mass is 10.1. The molecule has 1 saturated heterocycles. The largest absolute Gasteiger partial charge is 0.399 e. The van der Waals surface area contributed by atoms with Crippen LogP contribution in [-0.4, -0.2) is 59.1 Å². The van der Waals surface area contributed by atoms with Gasteiger partial charge in [-0.3, -0.25) is 9.69 Å². The molecule has 0 aliphatic carbocycles. The summed E-state index contributed by atoms with van der Waals surface area (Å²) >= 11 is 0. The molecular weight excluding hydrogens is 325 g/mol. The van der Waals surface area contributed by atoms with Crippen LogP contribution < -0.4 is 5.73 Å². The molecular formula is C15H25Cl2N3O2. The molecule has 126 valence electrons. The zero-order chi connectivity index (χ0) is 14.7. The second-order valence-corrected chi connectivity index (χ2v) is 5.57. The Bertz CT molecular complexity index is 486. The van der Waals surface area contributed by atoms with Crippen LogP contribution in [0.2, 0.25) is 0 Å². The molecule has 1 aliphatic heterocycles. The molecule has 1 fully saturated rings. The molecule has 2 atom stereocenters. The van der Waals surface area contributed by atoms with Crippen molar-refractivity contribution in [1.29, 1.82) is 0 Å². The van der Waals surface area contributed by atoms with E-state index >= 15 is 0 Å². The first kappa shape index (κ1) is 21.0. The van der Waals surface area contributed by atoms with Gasteiger partial charge in [-0.05, 0) is 32.0 Å². The lowest BCUT2D eigenvalue weighted by Gasteiger charge is -2.40. The Morgan fingerprint density at radius 3 is 2.64 bits per heavy atom. The lowest BCUT2D eigenvalue weighted by molar-refractivity contribution is 0.0365. The predicted octanol–water partition coefficient (Wildman–Crippen LogP) is 1.64. The van der Waals surface area contributed by atoms with Crippen LogP contribution in [0.25, 0.3) is 0 Å². The number of hydrogen-bond donors (Lipinski definition) is 2. The number of piperazine rings is 1. The minimum atomic E-state index is -0.339. The van der Waals surface area contributed by atoms with Crippen LogP contribution in [0.1, 0.15) is 24.2 Å². The van der Waals surface area contributed by atoms with Crippen LogP contribution in [0.4, 0.5) is 5.69 Å². The number of carbonyl (C=O) groups is 1. The quantitative estimate of drug-likeness (QED) is 0.814. The van der Waals surface area contributed by atoms with Crippen LogP contribution >= 0.6 is 24.8 Å². The number of β-amino-alcohol motifs (C(OH)–C–C–N with tert-alkyl or cyclic N) is 1. The highest BCUT2D eigenvalue weighted by Crippen LogP contribution is 2.15. The number of rotatable bonds is 3. The minimum absolute atomic E-state index is 0. The number of nitrogens with two attached hydrogens (primary N) is 1. The van der Waals surface area contributed by atoms with Crippen LogP contribution in [0.15, 0.2) is 24.3 Å². The third kappa shape index (κ3) is 5.32. The number of halogens is 2. The fourth-order valence-electron chi connectivity index (χ4n) is 2.64. The maximum atomic E-state index is 12.4. The fraction of sp³-hybridized carbons (Fsp3) is 0.533. The van der Waals surface area contributed by atoms with Gasteiger partial charge in [0, 0.05) is 43.5 Å². The zero-order valence-electron chi connectivity index (χ0n) is 12.9. The van der Waals surface area contributed by atoms with Gasteiger partial charge in [0.05, 0.1) is 6.10 Å². The van der Waals surface area contributed by atoms with Gasteiger partial charge < -0.3 is 15.7 Å². The molecule has 0 radical (unpaired) electrons. The second kappa shape index (κ2) is 9.20. The number of amides is 1. The Morgan fingerprint density at radius 1 is 1.41 bits per heavy atom. The van der Waals surface area contributed by atoms with Crippen LogP contribution in [-0.2, 0) is 0 Å². The lowest BCUT2D eigenvalue weighted by Crippen LogP contribution is -2.54. The first-order chi connectivity index (χ1) is 9.47. The van der Waals surface area contributed by atoms with Gasteiger partial charge in [0.2, 0.25) is 0 Å². The first-order valence-corrected chi connectivity index (χ1v) is 7.04. The average Bonchev–Trinajstić information content (AvgIpc) is 2.40. The zero-order valence-corrected chi connectivity index (χ0v) is 14.6. The second-order valence-electron chi connectivity index (χ2n) is 5.57. The number of hydrogen-bond acceptors (Lipinski definition) is 4. The summed E-state index contributed by atoms with van der Waals surface area (Å²) in [4.78, 5) is 16.5. The fourth-order valence-corrected chi connectivity index (χ4v) is 2.64. The minimum Gasteiger partial charge on any atom is -0.399 e. The van der Waals surface area contributed by atoms with Crippen molar-refractivity contribution in [3.05, 3.63) is 29.8 Å². The Kier molecular flexibility index (Phi) is 8.78. The summed E-state index contributed by atoms with van der Waals surface area (Å²) in [5, 5.41) is 9.47. The van der Waals surface area contributed by atoms with E-state index in [0.717, 1.165) is 6.54 Å². The van der Waals surface area contributed by atoms with Crippen molar-refractivity contribution in [1.82, 2.24) is 9.80 Å². The van der Waals surface area contributed by atoms with E-state index in [1.807, 2.05) is 4.90 Å². The van der Waals surface area contributed by atoms with Crippen molar-refractivity contribution in [3.63, 3.8) is 0 Å². The standard InChI is InChI=1S/C15H23N3O2.2ClH/c1-11-9-18(7-6-17(11)10-12(2)19)15(20)13-4-3-5-14(16)8-13;;/h3-5,8,11-12,19H,6-7,9-10,16H2,1-2H3;2*1H. The van der Waals surface area contributed by atoms with Crippen molar-refractivity contribution >= 4 is 36.4 Å². The summed E-state index contributed by atoms with van der Waals surface area (Å²) in [5.74, 6) is 0.0286. The molecule has 1 amide bonds. The van der Waals surface area contributed by atoms with Crippen LogP contribution in [0, 0.1) is 0 Å². The number of benzene rings is 1. The molecule has 1 aliphatic rings. The normalized spacial score (nSPS) is 19.8. The van der Waals surface area contributed by atoms with Gasteiger partial charge in [-0.15, -0.1) is 24.8 Å². The number of anilines is 1. The van der Waals surface area contributed by atoms with Gasteiger partial charge in [0.1, 0.15) is 0 Å². The van der Waals surface area contributed by atoms with Gasteiger partial charge >= 0.3 is 0 Å². The molecule has 0 saturated carbocycles. The molecule has 1 heterocycles. The molecule has 7 heteroatoms. The highest BCUT2D eigenvalue weighted by atomic mass is 35.5. The van der Waals surface area contributed by atoms with Gasteiger partial charge in [-0.2, -0.15) is 0 Å². The van der Waals surface area contributed by atoms with Gasteiger partial charge in [-0.25, -0.2) is 0 Å². The van der Waals surface area contributed by atoms with E-state index in [0.29, 0.717) is 30.9 Å². The summed E-state index contributed by atoms with van der Waals surface area (Å²) in [5.41, 5.74) is 6.97. The number of aliphatic hydroxyl groups is 1. The van der Waals surface area contributed by atoms with Crippen molar-refractivity contribution < 1.29 is 9.90 Å². The van der Waals surface area contributed by atoms with E-state index in [9.17, 15) is 9.90 Å². The van der Waals surface area contributed by atoms with Crippen molar-refractivity contribution in [2.24, 2.45) is 0 Å². The van der Waals surface area contributed by atoms with Crippen molar-refractivity contribution in [3.8, 4) is 0 Å². The molecule has 0 bridgehead atoms. The highest BCUT2D eigenvalue weighted by molar-refractivity contribution is 5.95. The number of nitrogen functional groups attached to an aromatic ring is 1. The third-order valence-corrected chi connectivity index (χ3v) is 3.68. The summed E-state index contributed by atoms with van der Waals surface area (Å²) in [6, 6.07) is 7.35. The topological polar surface area (TPSA) is 69.8 Å². The molecule has 1 aromatic rings. The maximum absolute atomic E-state index is 12.4. The van der Waals surface area contributed by atoms with Gasteiger partial charge in [0.15, 0.2) is 0 Å². The Labute approximate surface area is 144 Å². The van der Waals surface area contributed by atoms with Gasteiger partial charge in [0.25, 0.3) is 5.91 Å². The van der Waals surface area contributed by atoms with Crippen molar-refractivity contribution in [2.75, 3.05) is 31.9 Å². The molecule has 2 rings (SSSR count). The summed E-state index contributed by atoms with van der Waals surface area (Å²) in [6.07, 6.45) is -0.339. The molecule has 22 heavy (non-hydrogen) atoms. The molecule has 5 nitrogen and oxygen atoms in total. The summed E-state index contributed by atoms with van der Waals surface area (Å²) in [7, 11) is 0. The predicted molar refractivity (Wildman–Crippen MR) is 94.0 cm³/mol. The van der Waals surface area contributed by atoms with Crippen LogP contribution in [0.3, 0.4) is 0 Å². The number of carbonyl (C=O) groups excluding carboxylic acids is 1. The maximum Gasteiger partial charge on any atom is 0.254 e. The molecule has 3 N–H and O–H groups in total. The Balaban J connectivity index is 0.00000220. The Hall–Kier alpha value is -1.01. The van der Waals surface area contributed by atoms with E-state index in [1.54, 1.807) is 31.2 Å². The first-order valence-electron chi connectivity index (χ1n) is 7.04. The Morgan fingerprint density at radius 2 is 2.09 bits per heavy atom. The van der Waals surface area contributed by atoms with Gasteiger partial charge in [-0.1, -0.05) is 6.07 Å². The van der Waals surface area contributed by atoms with Crippen LogP contribution in [0.5, 0.6) is 0 Å². The van der Waals surface area contributed by atoms with E-state index in [4.69, 9.17) is 5.73 Å².